The molecular weight excluding hydrogens is 206 g/mol. The molecule has 0 unspecified atom stereocenters. The molecular formula is C12H27NO3. The lowest BCUT2D eigenvalue weighted by Crippen LogP contribution is -2.38. The van der Waals surface area contributed by atoms with Gasteiger partial charge in [-0.2, -0.15) is 0 Å². The fourth-order valence-corrected chi connectivity index (χ4v) is 1.14. The van der Waals surface area contributed by atoms with Crippen LogP contribution in [0.2, 0.25) is 0 Å². The number of morpholine rings is 1. The molecule has 1 rings (SSSR count). The SMILES string of the molecule is CC.CC.CC(=O)OCCN1CCOCC1. The van der Waals surface area contributed by atoms with E-state index in [4.69, 9.17) is 9.47 Å². The van der Waals surface area contributed by atoms with E-state index >= 15 is 0 Å². The van der Waals surface area contributed by atoms with E-state index in [0.717, 1.165) is 32.8 Å². The third kappa shape index (κ3) is 11.5. The van der Waals surface area contributed by atoms with E-state index in [2.05, 4.69) is 4.90 Å². The largest absolute Gasteiger partial charge is 0.465 e. The predicted octanol–water partition coefficient (Wildman–Crippen LogP) is 1.93. The quantitative estimate of drug-likeness (QED) is 0.698. The van der Waals surface area contributed by atoms with Gasteiger partial charge in [0, 0.05) is 26.6 Å². The standard InChI is InChI=1S/C8H15NO3.2C2H6/c1-8(10)12-7-4-9-2-5-11-6-3-9;2*1-2/h2-7H2,1H3;2*1-2H3. The Hall–Kier alpha value is -0.610. The van der Waals surface area contributed by atoms with Crippen LogP contribution in [0.25, 0.3) is 0 Å². The number of hydrogen-bond acceptors (Lipinski definition) is 4. The Kier molecular flexibility index (Phi) is 16.0. The van der Waals surface area contributed by atoms with Crippen molar-refractivity contribution in [1.29, 1.82) is 0 Å². The van der Waals surface area contributed by atoms with E-state index < -0.39 is 0 Å². The van der Waals surface area contributed by atoms with Gasteiger partial charge in [-0.15, -0.1) is 0 Å². The minimum atomic E-state index is -0.205. The van der Waals surface area contributed by atoms with E-state index in [9.17, 15) is 4.79 Å². The third-order valence-electron chi connectivity index (χ3n) is 1.82. The molecule has 0 aromatic carbocycles. The molecule has 0 bridgehead atoms. The number of nitrogens with zero attached hydrogens (tertiary/aromatic N) is 1. The van der Waals surface area contributed by atoms with Crippen molar-refractivity contribution in [3.63, 3.8) is 0 Å². The average Bonchev–Trinajstić information content (AvgIpc) is 2.35. The van der Waals surface area contributed by atoms with Crippen LogP contribution in [0.1, 0.15) is 34.6 Å². The van der Waals surface area contributed by atoms with Crippen LogP contribution in [0.3, 0.4) is 0 Å². The van der Waals surface area contributed by atoms with Gasteiger partial charge in [-0.3, -0.25) is 9.69 Å². The molecule has 0 N–H and O–H groups in total. The number of carbonyl (C=O) groups excluding carboxylic acids is 1. The molecule has 4 nitrogen and oxygen atoms in total. The lowest BCUT2D eigenvalue weighted by Gasteiger charge is -2.25. The van der Waals surface area contributed by atoms with Crippen LogP contribution in [0.15, 0.2) is 0 Å². The molecule has 0 spiro atoms. The van der Waals surface area contributed by atoms with Crippen LogP contribution in [-0.2, 0) is 14.3 Å². The Morgan fingerprint density at radius 3 is 2.12 bits per heavy atom. The van der Waals surface area contributed by atoms with Gasteiger partial charge in [0.1, 0.15) is 6.61 Å². The van der Waals surface area contributed by atoms with Crippen molar-refractivity contribution in [3.05, 3.63) is 0 Å². The van der Waals surface area contributed by atoms with Gasteiger partial charge in [-0.25, -0.2) is 0 Å². The van der Waals surface area contributed by atoms with Crippen molar-refractivity contribution in [3.8, 4) is 0 Å². The Bertz CT molecular complexity index is 145. The first-order valence-corrected chi connectivity index (χ1v) is 6.22. The van der Waals surface area contributed by atoms with Crippen LogP contribution in [-0.4, -0.2) is 50.3 Å². The second-order valence-corrected chi connectivity index (χ2v) is 2.79. The Morgan fingerprint density at radius 2 is 1.69 bits per heavy atom. The number of rotatable bonds is 3. The minimum absolute atomic E-state index is 0.205. The van der Waals surface area contributed by atoms with Gasteiger partial charge in [0.2, 0.25) is 0 Å². The summed E-state index contributed by atoms with van der Waals surface area (Å²) in [5.41, 5.74) is 0. The summed E-state index contributed by atoms with van der Waals surface area (Å²) in [5.74, 6) is -0.205. The normalized spacial score (nSPS) is 15.1. The summed E-state index contributed by atoms with van der Waals surface area (Å²) < 4.78 is 10.0. The number of carbonyl (C=O) groups is 1. The Balaban J connectivity index is 0. The van der Waals surface area contributed by atoms with E-state index in [1.807, 2.05) is 27.7 Å². The van der Waals surface area contributed by atoms with E-state index in [0.29, 0.717) is 6.61 Å². The fourth-order valence-electron chi connectivity index (χ4n) is 1.14. The summed E-state index contributed by atoms with van der Waals surface area (Å²) in [6.07, 6.45) is 0. The first kappa shape index (κ1) is 17.8. The molecule has 1 heterocycles. The summed E-state index contributed by atoms with van der Waals surface area (Å²) in [6.45, 7) is 14.2. The highest BCUT2D eigenvalue weighted by Crippen LogP contribution is 1.95. The Morgan fingerprint density at radius 1 is 1.19 bits per heavy atom. The monoisotopic (exact) mass is 233 g/mol. The fraction of sp³-hybridized carbons (Fsp3) is 0.917. The summed E-state index contributed by atoms with van der Waals surface area (Å²) >= 11 is 0. The van der Waals surface area contributed by atoms with Crippen LogP contribution >= 0.6 is 0 Å². The number of hydrogen-bond donors (Lipinski definition) is 0. The van der Waals surface area contributed by atoms with E-state index in [1.165, 1.54) is 6.92 Å². The lowest BCUT2D eigenvalue weighted by molar-refractivity contribution is -0.141. The van der Waals surface area contributed by atoms with Crippen molar-refractivity contribution in [2.24, 2.45) is 0 Å². The topological polar surface area (TPSA) is 38.8 Å². The van der Waals surface area contributed by atoms with Crippen molar-refractivity contribution in [2.75, 3.05) is 39.5 Å². The van der Waals surface area contributed by atoms with Crippen LogP contribution in [0, 0.1) is 0 Å². The molecule has 0 amide bonds. The second kappa shape index (κ2) is 14.4. The molecule has 1 saturated heterocycles. The van der Waals surface area contributed by atoms with Crippen LogP contribution in [0.4, 0.5) is 0 Å². The van der Waals surface area contributed by atoms with Gasteiger partial charge >= 0.3 is 5.97 Å². The molecule has 0 aromatic rings. The summed E-state index contributed by atoms with van der Waals surface area (Å²) in [6, 6.07) is 0. The molecule has 0 radical (unpaired) electrons. The smallest absolute Gasteiger partial charge is 0.302 e. The van der Waals surface area contributed by atoms with Gasteiger partial charge in [-0.05, 0) is 0 Å². The third-order valence-corrected chi connectivity index (χ3v) is 1.82. The maximum absolute atomic E-state index is 10.4. The molecule has 1 aliphatic heterocycles. The first-order chi connectivity index (χ1) is 7.79. The highest BCUT2D eigenvalue weighted by Gasteiger charge is 2.09. The number of esters is 1. The van der Waals surface area contributed by atoms with Crippen molar-refractivity contribution < 1.29 is 14.3 Å². The molecule has 4 heteroatoms. The molecule has 1 aliphatic rings. The predicted molar refractivity (Wildman–Crippen MR) is 66.6 cm³/mol. The van der Waals surface area contributed by atoms with Crippen molar-refractivity contribution in [1.82, 2.24) is 4.90 Å². The second-order valence-electron chi connectivity index (χ2n) is 2.79. The van der Waals surface area contributed by atoms with Crippen LogP contribution in [0.5, 0.6) is 0 Å². The molecule has 0 saturated carbocycles. The molecule has 0 atom stereocenters. The summed E-state index contributed by atoms with van der Waals surface area (Å²) in [7, 11) is 0. The maximum Gasteiger partial charge on any atom is 0.302 e. The lowest BCUT2D eigenvalue weighted by atomic mass is 10.4. The summed E-state index contributed by atoms with van der Waals surface area (Å²) in [4.78, 5) is 12.6. The average molecular weight is 233 g/mol. The highest BCUT2D eigenvalue weighted by molar-refractivity contribution is 5.65. The van der Waals surface area contributed by atoms with Gasteiger partial charge in [0.05, 0.1) is 13.2 Å². The Labute approximate surface area is 99.9 Å². The zero-order chi connectivity index (χ0) is 12.8. The zero-order valence-electron chi connectivity index (χ0n) is 11.4. The molecule has 0 aromatic heterocycles. The summed E-state index contributed by atoms with van der Waals surface area (Å²) in [5, 5.41) is 0. The highest BCUT2D eigenvalue weighted by atomic mass is 16.5. The first-order valence-electron chi connectivity index (χ1n) is 6.22. The molecule has 16 heavy (non-hydrogen) atoms. The molecule has 0 aliphatic carbocycles. The van der Waals surface area contributed by atoms with Crippen molar-refractivity contribution in [2.45, 2.75) is 34.6 Å². The van der Waals surface area contributed by atoms with Crippen LogP contribution < -0.4 is 0 Å². The molecule has 1 fully saturated rings. The van der Waals surface area contributed by atoms with E-state index in [-0.39, 0.29) is 5.97 Å². The maximum atomic E-state index is 10.4. The van der Waals surface area contributed by atoms with Gasteiger partial charge in [0.25, 0.3) is 0 Å². The van der Waals surface area contributed by atoms with Gasteiger partial charge in [-0.1, -0.05) is 27.7 Å². The zero-order valence-corrected chi connectivity index (χ0v) is 11.4. The number of ether oxygens (including phenoxy) is 2. The van der Waals surface area contributed by atoms with Gasteiger partial charge in [0.15, 0.2) is 0 Å². The van der Waals surface area contributed by atoms with Crippen molar-refractivity contribution >= 4 is 5.97 Å². The van der Waals surface area contributed by atoms with E-state index in [1.54, 1.807) is 0 Å². The minimum Gasteiger partial charge on any atom is -0.465 e. The molecule has 98 valence electrons. The van der Waals surface area contributed by atoms with Gasteiger partial charge < -0.3 is 9.47 Å².